The second-order valence-corrected chi connectivity index (χ2v) is 8.10. The van der Waals surface area contributed by atoms with Crippen molar-refractivity contribution in [3.8, 4) is 5.75 Å². The van der Waals surface area contributed by atoms with Gasteiger partial charge in [0.1, 0.15) is 11.3 Å². The molecule has 0 spiro atoms. The first-order valence-corrected chi connectivity index (χ1v) is 9.82. The van der Waals surface area contributed by atoms with Crippen LogP contribution in [-0.2, 0) is 27.3 Å². The smallest absolute Gasteiger partial charge is 0.310 e. The number of furan rings is 1. The van der Waals surface area contributed by atoms with Crippen LogP contribution in [0.3, 0.4) is 0 Å². The van der Waals surface area contributed by atoms with Gasteiger partial charge in [-0.05, 0) is 38.5 Å². The summed E-state index contributed by atoms with van der Waals surface area (Å²) in [4.78, 5) is 26.9. The van der Waals surface area contributed by atoms with E-state index in [0.29, 0.717) is 23.4 Å². The van der Waals surface area contributed by atoms with Gasteiger partial charge in [0.2, 0.25) is 0 Å². The number of ether oxygens (including phenoxy) is 2. The quantitative estimate of drug-likeness (QED) is 0.543. The Balaban J connectivity index is 1.62. The molecule has 0 radical (unpaired) electrons. The predicted molar refractivity (Wildman–Crippen MR) is 114 cm³/mol. The lowest BCUT2D eigenvalue weighted by Crippen LogP contribution is -2.46. The summed E-state index contributed by atoms with van der Waals surface area (Å²) < 4.78 is 16.0. The van der Waals surface area contributed by atoms with Crippen molar-refractivity contribution in [3.05, 3.63) is 65.9 Å². The van der Waals surface area contributed by atoms with Gasteiger partial charge in [0.25, 0.3) is 5.91 Å². The highest BCUT2D eigenvalue weighted by molar-refractivity contribution is 5.87. The lowest BCUT2D eigenvalue weighted by Gasteiger charge is -2.35. The highest BCUT2D eigenvalue weighted by atomic mass is 16.5. The third kappa shape index (κ3) is 5.20. The van der Waals surface area contributed by atoms with E-state index in [1.165, 1.54) is 6.26 Å². The molecule has 3 aromatic rings. The van der Waals surface area contributed by atoms with Crippen LogP contribution in [0.4, 0.5) is 0 Å². The van der Waals surface area contributed by atoms with E-state index in [1.54, 1.807) is 24.1 Å². The fraction of sp³-hybridized carbons (Fsp3) is 0.333. The molecule has 0 aliphatic rings. The molecule has 0 unspecified atom stereocenters. The van der Waals surface area contributed by atoms with Gasteiger partial charge in [0.15, 0.2) is 6.61 Å². The molecule has 0 N–H and O–H groups in total. The number of amides is 1. The van der Waals surface area contributed by atoms with E-state index in [-0.39, 0.29) is 18.9 Å². The van der Waals surface area contributed by atoms with E-state index in [9.17, 15) is 9.59 Å². The summed E-state index contributed by atoms with van der Waals surface area (Å²) in [5, 5.41) is 0.819. The first-order valence-electron chi connectivity index (χ1n) is 9.82. The highest BCUT2D eigenvalue weighted by Gasteiger charge is 2.27. The number of methoxy groups -OCH3 is 1. The zero-order valence-corrected chi connectivity index (χ0v) is 17.8. The molecule has 2 aromatic carbocycles. The van der Waals surface area contributed by atoms with Crippen molar-refractivity contribution < 1.29 is 23.5 Å². The Labute approximate surface area is 176 Å². The number of benzene rings is 2. The molecule has 1 aromatic heterocycles. The van der Waals surface area contributed by atoms with Crippen molar-refractivity contribution in [2.45, 2.75) is 39.3 Å². The molecule has 0 aliphatic heterocycles. The Morgan fingerprint density at radius 1 is 1.07 bits per heavy atom. The lowest BCUT2D eigenvalue weighted by atomic mass is 10.0. The topological polar surface area (TPSA) is 69.0 Å². The van der Waals surface area contributed by atoms with E-state index >= 15 is 0 Å². The van der Waals surface area contributed by atoms with Crippen LogP contribution in [0.25, 0.3) is 11.0 Å². The molecule has 1 heterocycles. The number of hydrogen-bond donors (Lipinski definition) is 0. The Morgan fingerprint density at radius 3 is 2.47 bits per heavy atom. The minimum atomic E-state index is -0.476. The number of hydrogen-bond acceptors (Lipinski definition) is 5. The molecule has 0 fully saturated rings. The third-order valence-corrected chi connectivity index (χ3v) is 4.85. The largest absolute Gasteiger partial charge is 0.497 e. The maximum atomic E-state index is 12.8. The van der Waals surface area contributed by atoms with E-state index in [0.717, 1.165) is 10.9 Å². The Morgan fingerprint density at radius 2 is 1.80 bits per heavy atom. The second kappa shape index (κ2) is 9.03. The molecule has 6 nitrogen and oxygen atoms in total. The van der Waals surface area contributed by atoms with Crippen LogP contribution in [0.2, 0.25) is 0 Å². The summed E-state index contributed by atoms with van der Waals surface area (Å²) in [6.07, 6.45) is 1.56. The predicted octanol–water partition coefficient (Wildman–Crippen LogP) is 4.35. The summed E-state index contributed by atoms with van der Waals surface area (Å²) in [5.74, 6) is -0.0332. The van der Waals surface area contributed by atoms with Gasteiger partial charge < -0.3 is 18.8 Å². The Bertz CT molecular complexity index is 1020. The number of rotatable bonds is 7. The average molecular weight is 409 g/mol. The number of esters is 1. The molecular weight excluding hydrogens is 382 g/mol. The summed E-state index contributed by atoms with van der Waals surface area (Å²) in [5.41, 5.74) is 1.96. The van der Waals surface area contributed by atoms with Gasteiger partial charge in [-0.15, -0.1) is 0 Å². The molecule has 0 bridgehead atoms. The first-order chi connectivity index (χ1) is 14.3. The summed E-state index contributed by atoms with van der Waals surface area (Å²) >= 11 is 0. The van der Waals surface area contributed by atoms with Crippen LogP contribution < -0.4 is 4.74 Å². The molecule has 0 saturated heterocycles. The third-order valence-electron chi connectivity index (χ3n) is 4.85. The van der Waals surface area contributed by atoms with Crippen molar-refractivity contribution in [1.29, 1.82) is 0 Å². The number of fused-ring (bicyclic) bond motifs is 1. The van der Waals surface area contributed by atoms with Crippen LogP contribution in [0.5, 0.6) is 5.75 Å². The van der Waals surface area contributed by atoms with Crippen molar-refractivity contribution in [2.75, 3.05) is 13.7 Å². The molecule has 1 amide bonds. The molecule has 158 valence electrons. The number of carbonyl (C=O) groups excluding carboxylic acids is 2. The van der Waals surface area contributed by atoms with Crippen molar-refractivity contribution in [3.63, 3.8) is 0 Å². The van der Waals surface area contributed by atoms with Crippen molar-refractivity contribution >= 4 is 22.8 Å². The zero-order chi connectivity index (χ0) is 21.7. The SMILES string of the molecule is COc1ccc2c(CC(=O)OCC(=O)N(Cc3ccccc3)C(C)(C)C)coc2c1. The molecule has 3 rings (SSSR count). The Kier molecular flexibility index (Phi) is 6.45. The average Bonchev–Trinajstić information content (AvgIpc) is 3.12. The summed E-state index contributed by atoms with van der Waals surface area (Å²) in [6.45, 7) is 6.03. The normalized spacial score (nSPS) is 11.3. The molecule has 30 heavy (non-hydrogen) atoms. The first kappa shape index (κ1) is 21.4. The summed E-state index contributed by atoms with van der Waals surface area (Å²) in [6, 6.07) is 15.2. The maximum Gasteiger partial charge on any atom is 0.310 e. The molecule has 0 atom stereocenters. The minimum absolute atomic E-state index is 0.0286. The summed E-state index contributed by atoms with van der Waals surface area (Å²) in [7, 11) is 1.58. The highest BCUT2D eigenvalue weighted by Crippen LogP contribution is 2.26. The standard InChI is InChI=1S/C24H27NO5/c1-24(2,3)25(14-17-8-6-5-7-9-17)22(26)16-30-23(27)12-18-15-29-21-13-19(28-4)10-11-20(18)21/h5-11,13,15H,12,14,16H2,1-4H3. The number of nitrogens with zero attached hydrogens (tertiary/aromatic N) is 1. The molecule has 0 aliphatic carbocycles. The molecular formula is C24H27NO5. The van der Waals surface area contributed by atoms with E-state index in [2.05, 4.69) is 0 Å². The lowest BCUT2D eigenvalue weighted by molar-refractivity contribution is -0.154. The van der Waals surface area contributed by atoms with Crippen LogP contribution in [0.15, 0.2) is 59.2 Å². The second-order valence-electron chi connectivity index (χ2n) is 8.10. The van der Waals surface area contributed by atoms with E-state index < -0.39 is 11.5 Å². The van der Waals surface area contributed by atoms with Crippen LogP contribution in [-0.4, -0.2) is 36.0 Å². The molecule has 0 saturated carbocycles. The van der Waals surface area contributed by atoms with Crippen LogP contribution in [0, 0.1) is 0 Å². The number of carbonyl (C=O) groups is 2. The van der Waals surface area contributed by atoms with Gasteiger partial charge >= 0.3 is 5.97 Å². The van der Waals surface area contributed by atoms with Gasteiger partial charge in [-0.1, -0.05) is 30.3 Å². The monoisotopic (exact) mass is 409 g/mol. The van der Waals surface area contributed by atoms with Crippen LogP contribution in [0.1, 0.15) is 31.9 Å². The Hall–Kier alpha value is -3.28. The van der Waals surface area contributed by atoms with Gasteiger partial charge in [0, 0.05) is 29.1 Å². The molecule has 6 heteroatoms. The van der Waals surface area contributed by atoms with Crippen LogP contribution >= 0.6 is 0 Å². The van der Waals surface area contributed by atoms with Gasteiger partial charge in [-0.2, -0.15) is 0 Å². The van der Waals surface area contributed by atoms with Crippen molar-refractivity contribution in [1.82, 2.24) is 4.90 Å². The van der Waals surface area contributed by atoms with Gasteiger partial charge in [-0.25, -0.2) is 0 Å². The maximum absolute atomic E-state index is 12.8. The van der Waals surface area contributed by atoms with E-state index in [1.807, 2.05) is 57.2 Å². The van der Waals surface area contributed by atoms with E-state index in [4.69, 9.17) is 13.9 Å². The fourth-order valence-corrected chi connectivity index (χ4v) is 3.22. The van der Waals surface area contributed by atoms with Gasteiger partial charge in [-0.3, -0.25) is 9.59 Å². The minimum Gasteiger partial charge on any atom is -0.497 e. The van der Waals surface area contributed by atoms with Gasteiger partial charge in [0.05, 0.1) is 19.8 Å². The fourth-order valence-electron chi connectivity index (χ4n) is 3.22. The van der Waals surface area contributed by atoms with Crippen molar-refractivity contribution in [2.24, 2.45) is 0 Å². The zero-order valence-electron chi connectivity index (χ0n) is 17.8.